The Morgan fingerprint density at radius 1 is 1.32 bits per heavy atom. The molecule has 2 rings (SSSR count). The first-order valence-corrected chi connectivity index (χ1v) is 7.64. The molecule has 1 unspecified atom stereocenters. The zero-order chi connectivity index (χ0) is 16.2. The summed E-state index contributed by atoms with van der Waals surface area (Å²) in [5, 5.41) is 10.2. The highest BCUT2D eigenvalue weighted by Gasteiger charge is 2.26. The fourth-order valence-electron chi connectivity index (χ4n) is 2.35. The Kier molecular flexibility index (Phi) is 5.37. The SMILES string of the molecule is CC(C)(C)OC(=O)N1CCN(CC(O)c2ccccn2)CC1. The summed E-state index contributed by atoms with van der Waals surface area (Å²) in [5.41, 5.74) is 0.209. The molecule has 0 bridgehead atoms. The molecule has 1 amide bonds. The Morgan fingerprint density at radius 2 is 2.00 bits per heavy atom. The maximum absolute atomic E-state index is 12.0. The number of carbonyl (C=O) groups is 1. The zero-order valence-corrected chi connectivity index (χ0v) is 13.5. The van der Waals surface area contributed by atoms with Crippen molar-refractivity contribution in [2.24, 2.45) is 0 Å². The molecule has 22 heavy (non-hydrogen) atoms. The molecule has 1 N–H and O–H groups in total. The molecular formula is C16H25N3O3. The van der Waals surface area contributed by atoms with Crippen LogP contribution in [0.15, 0.2) is 24.4 Å². The second-order valence-electron chi connectivity index (χ2n) is 6.54. The van der Waals surface area contributed by atoms with Gasteiger partial charge in [0, 0.05) is 38.9 Å². The molecule has 6 nitrogen and oxygen atoms in total. The summed E-state index contributed by atoms with van der Waals surface area (Å²) < 4.78 is 5.37. The molecule has 122 valence electrons. The molecule has 1 aromatic rings. The first-order chi connectivity index (χ1) is 10.3. The molecule has 0 spiro atoms. The van der Waals surface area contributed by atoms with Gasteiger partial charge in [-0.05, 0) is 32.9 Å². The van der Waals surface area contributed by atoms with Crippen LogP contribution in [-0.2, 0) is 4.74 Å². The van der Waals surface area contributed by atoms with E-state index in [1.54, 1.807) is 11.1 Å². The second kappa shape index (κ2) is 7.07. The molecule has 1 atom stereocenters. The van der Waals surface area contributed by atoms with Gasteiger partial charge in [0.25, 0.3) is 0 Å². The number of β-amino-alcohol motifs (C(OH)–C–C–N with tert-alkyl or cyclic N) is 1. The van der Waals surface area contributed by atoms with Crippen LogP contribution < -0.4 is 0 Å². The molecular weight excluding hydrogens is 282 g/mol. The number of aliphatic hydroxyl groups excluding tert-OH is 1. The maximum Gasteiger partial charge on any atom is 0.410 e. The maximum atomic E-state index is 12.0. The predicted octanol–water partition coefficient (Wildman–Crippen LogP) is 1.67. The summed E-state index contributed by atoms with van der Waals surface area (Å²) in [6, 6.07) is 5.52. The Hall–Kier alpha value is -1.66. The molecule has 6 heteroatoms. The molecule has 1 aliphatic heterocycles. The third-order valence-electron chi connectivity index (χ3n) is 3.48. The van der Waals surface area contributed by atoms with Crippen LogP contribution in [0.4, 0.5) is 4.79 Å². The highest BCUT2D eigenvalue weighted by Crippen LogP contribution is 2.15. The van der Waals surface area contributed by atoms with Gasteiger partial charge in [-0.2, -0.15) is 0 Å². The Labute approximate surface area is 131 Å². The normalized spacial score (nSPS) is 18.1. The fraction of sp³-hybridized carbons (Fsp3) is 0.625. The van der Waals surface area contributed by atoms with Gasteiger partial charge in [0.05, 0.1) is 5.69 Å². The van der Waals surface area contributed by atoms with E-state index in [1.165, 1.54) is 0 Å². The van der Waals surface area contributed by atoms with Gasteiger partial charge in [0.1, 0.15) is 11.7 Å². The summed E-state index contributed by atoms with van der Waals surface area (Å²) in [6.45, 7) is 8.80. The number of rotatable bonds is 3. The number of nitrogens with zero attached hydrogens (tertiary/aromatic N) is 3. The third-order valence-corrected chi connectivity index (χ3v) is 3.48. The number of aliphatic hydroxyl groups is 1. The minimum absolute atomic E-state index is 0.266. The van der Waals surface area contributed by atoms with Gasteiger partial charge in [0.15, 0.2) is 0 Å². The highest BCUT2D eigenvalue weighted by molar-refractivity contribution is 5.68. The average Bonchev–Trinajstić information content (AvgIpc) is 2.47. The van der Waals surface area contributed by atoms with Crippen LogP contribution in [0, 0.1) is 0 Å². The number of aromatic nitrogens is 1. The largest absolute Gasteiger partial charge is 0.444 e. The minimum atomic E-state index is -0.603. The van der Waals surface area contributed by atoms with Crippen molar-refractivity contribution in [3.8, 4) is 0 Å². The predicted molar refractivity (Wildman–Crippen MR) is 83.4 cm³/mol. The van der Waals surface area contributed by atoms with E-state index in [0.29, 0.717) is 25.3 Å². The number of hydrogen-bond acceptors (Lipinski definition) is 5. The van der Waals surface area contributed by atoms with E-state index in [4.69, 9.17) is 4.74 Å². The van der Waals surface area contributed by atoms with Gasteiger partial charge < -0.3 is 14.7 Å². The summed E-state index contributed by atoms with van der Waals surface area (Å²) in [6.07, 6.45) is 0.811. The number of hydrogen-bond donors (Lipinski definition) is 1. The Balaban J connectivity index is 1.79. The van der Waals surface area contributed by atoms with Crippen LogP contribution in [0.2, 0.25) is 0 Å². The van der Waals surface area contributed by atoms with E-state index in [2.05, 4.69) is 9.88 Å². The topological polar surface area (TPSA) is 65.9 Å². The number of pyridine rings is 1. The molecule has 1 fully saturated rings. The van der Waals surface area contributed by atoms with Gasteiger partial charge in [-0.15, -0.1) is 0 Å². The zero-order valence-electron chi connectivity index (χ0n) is 13.5. The van der Waals surface area contributed by atoms with E-state index < -0.39 is 11.7 Å². The Bertz CT molecular complexity index is 479. The van der Waals surface area contributed by atoms with Crippen LogP contribution in [0.1, 0.15) is 32.6 Å². The standard InChI is InChI=1S/C16H25N3O3/c1-16(2,3)22-15(21)19-10-8-18(9-11-19)12-14(20)13-6-4-5-7-17-13/h4-7,14,20H,8-12H2,1-3H3. The van der Waals surface area contributed by atoms with Gasteiger partial charge in [-0.25, -0.2) is 4.79 Å². The molecule has 1 saturated heterocycles. The first-order valence-electron chi connectivity index (χ1n) is 7.64. The van der Waals surface area contributed by atoms with Crippen LogP contribution in [0.5, 0.6) is 0 Å². The van der Waals surface area contributed by atoms with E-state index in [1.807, 2.05) is 39.0 Å². The van der Waals surface area contributed by atoms with E-state index in [9.17, 15) is 9.90 Å². The molecule has 2 heterocycles. The van der Waals surface area contributed by atoms with Crippen molar-refractivity contribution in [1.82, 2.24) is 14.8 Å². The first kappa shape index (κ1) is 16.7. The highest BCUT2D eigenvalue weighted by atomic mass is 16.6. The fourth-order valence-corrected chi connectivity index (χ4v) is 2.35. The summed E-state index contributed by atoms with van der Waals surface area (Å²) in [7, 11) is 0. The van der Waals surface area contributed by atoms with Crippen molar-refractivity contribution in [2.45, 2.75) is 32.5 Å². The van der Waals surface area contributed by atoms with E-state index in [-0.39, 0.29) is 6.09 Å². The van der Waals surface area contributed by atoms with Crippen LogP contribution >= 0.6 is 0 Å². The summed E-state index contributed by atoms with van der Waals surface area (Å²) in [5.74, 6) is 0. The Morgan fingerprint density at radius 3 is 2.55 bits per heavy atom. The molecule has 1 aliphatic rings. The molecule has 0 saturated carbocycles. The number of piperazine rings is 1. The van der Waals surface area contributed by atoms with Gasteiger partial charge >= 0.3 is 6.09 Å². The lowest BCUT2D eigenvalue weighted by Gasteiger charge is -2.36. The molecule has 0 aliphatic carbocycles. The monoisotopic (exact) mass is 307 g/mol. The average molecular weight is 307 g/mol. The summed E-state index contributed by atoms with van der Waals surface area (Å²) in [4.78, 5) is 20.0. The van der Waals surface area contributed by atoms with E-state index >= 15 is 0 Å². The second-order valence-corrected chi connectivity index (χ2v) is 6.54. The van der Waals surface area contributed by atoms with Crippen molar-refractivity contribution >= 4 is 6.09 Å². The van der Waals surface area contributed by atoms with Crippen molar-refractivity contribution in [1.29, 1.82) is 0 Å². The molecule has 0 aromatic carbocycles. The lowest BCUT2D eigenvalue weighted by atomic mass is 10.2. The number of amides is 1. The molecule has 1 aromatic heterocycles. The minimum Gasteiger partial charge on any atom is -0.444 e. The lowest BCUT2D eigenvalue weighted by Crippen LogP contribution is -2.50. The van der Waals surface area contributed by atoms with Gasteiger partial charge in [0.2, 0.25) is 0 Å². The quantitative estimate of drug-likeness (QED) is 0.920. The van der Waals surface area contributed by atoms with Crippen molar-refractivity contribution in [2.75, 3.05) is 32.7 Å². The number of carbonyl (C=O) groups excluding carboxylic acids is 1. The summed E-state index contributed by atoms with van der Waals surface area (Å²) >= 11 is 0. The smallest absolute Gasteiger partial charge is 0.410 e. The van der Waals surface area contributed by atoms with Crippen LogP contribution in [-0.4, -0.2) is 64.3 Å². The van der Waals surface area contributed by atoms with Crippen molar-refractivity contribution in [3.05, 3.63) is 30.1 Å². The van der Waals surface area contributed by atoms with Crippen molar-refractivity contribution in [3.63, 3.8) is 0 Å². The number of ether oxygens (including phenoxy) is 1. The molecule has 0 radical (unpaired) electrons. The van der Waals surface area contributed by atoms with Crippen LogP contribution in [0.25, 0.3) is 0 Å². The third kappa shape index (κ3) is 4.96. The van der Waals surface area contributed by atoms with Crippen molar-refractivity contribution < 1.29 is 14.6 Å². The van der Waals surface area contributed by atoms with Gasteiger partial charge in [-0.1, -0.05) is 6.07 Å². The van der Waals surface area contributed by atoms with E-state index in [0.717, 1.165) is 13.1 Å². The lowest BCUT2D eigenvalue weighted by molar-refractivity contribution is 0.00988. The van der Waals surface area contributed by atoms with Crippen LogP contribution in [0.3, 0.4) is 0 Å². The van der Waals surface area contributed by atoms with Gasteiger partial charge in [-0.3, -0.25) is 9.88 Å².